The highest BCUT2D eigenvalue weighted by Crippen LogP contribution is 2.41. The van der Waals surface area contributed by atoms with Gasteiger partial charge in [0.1, 0.15) is 0 Å². The minimum absolute atomic E-state index is 0.139. The van der Waals surface area contributed by atoms with E-state index < -0.39 is 0 Å². The van der Waals surface area contributed by atoms with Gasteiger partial charge < -0.3 is 10.5 Å². The average Bonchev–Trinajstić information content (AvgIpc) is 2.56. The summed E-state index contributed by atoms with van der Waals surface area (Å²) in [6, 6.07) is 5.29. The molecule has 0 amide bonds. The van der Waals surface area contributed by atoms with Crippen molar-refractivity contribution < 1.29 is 4.74 Å². The highest BCUT2D eigenvalue weighted by molar-refractivity contribution is 6.33. The van der Waals surface area contributed by atoms with Crippen LogP contribution in [0, 0.1) is 11.8 Å². The Labute approximate surface area is 118 Å². The number of nitrogens with two attached hydrogens (primary N) is 1. The van der Waals surface area contributed by atoms with Gasteiger partial charge in [-0.3, -0.25) is 0 Å². The number of ether oxygens (including phenoxy) is 1. The molecule has 5 atom stereocenters. The molecule has 1 heterocycles. The van der Waals surface area contributed by atoms with Gasteiger partial charge in [-0.2, -0.15) is 0 Å². The van der Waals surface area contributed by atoms with Crippen molar-refractivity contribution in [2.45, 2.75) is 39.0 Å². The van der Waals surface area contributed by atoms with Gasteiger partial charge in [-0.15, -0.1) is 0 Å². The molecular formula is C14H19Cl2NO. The second-order valence-electron chi connectivity index (χ2n) is 5.17. The van der Waals surface area contributed by atoms with Crippen LogP contribution < -0.4 is 5.73 Å². The lowest BCUT2D eigenvalue weighted by atomic mass is 9.81. The molecule has 0 aliphatic carbocycles. The molecule has 0 aromatic heterocycles. The standard InChI is InChI=1S/C14H19Cl2NO/c1-7-8(2)18-9(3)13(7)14(17)11-6-10(15)4-5-12(11)16/h4-9,13-14H,17H2,1-3H3. The molecule has 4 heteroatoms. The van der Waals surface area contributed by atoms with Crippen molar-refractivity contribution in [1.29, 1.82) is 0 Å². The van der Waals surface area contributed by atoms with Gasteiger partial charge in [-0.1, -0.05) is 30.1 Å². The van der Waals surface area contributed by atoms with Crippen molar-refractivity contribution in [3.63, 3.8) is 0 Å². The molecule has 2 N–H and O–H groups in total. The Morgan fingerprint density at radius 3 is 2.39 bits per heavy atom. The van der Waals surface area contributed by atoms with Crippen LogP contribution in [-0.4, -0.2) is 12.2 Å². The first kappa shape index (κ1) is 14.1. The van der Waals surface area contributed by atoms with Gasteiger partial charge in [0.25, 0.3) is 0 Å². The van der Waals surface area contributed by atoms with E-state index in [0.29, 0.717) is 16.0 Å². The average molecular weight is 288 g/mol. The lowest BCUT2D eigenvalue weighted by molar-refractivity contribution is 0.0489. The second kappa shape index (κ2) is 5.38. The van der Waals surface area contributed by atoms with Crippen molar-refractivity contribution in [1.82, 2.24) is 0 Å². The van der Waals surface area contributed by atoms with E-state index in [1.165, 1.54) is 0 Å². The molecule has 5 unspecified atom stereocenters. The van der Waals surface area contributed by atoms with Gasteiger partial charge in [-0.05, 0) is 43.5 Å². The lowest BCUT2D eigenvalue weighted by Gasteiger charge is -2.26. The van der Waals surface area contributed by atoms with Crippen LogP contribution in [0.1, 0.15) is 32.4 Å². The predicted molar refractivity (Wildman–Crippen MR) is 76.1 cm³/mol. The molecule has 1 aliphatic rings. The quantitative estimate of drug-likeness (QED) is 0.891. The van der Waals surface area contributed by atoms with Crippen LogP contribution in [-0.2, 0) is 4.74 Å². The molecule has 1 saturated heterocycles. The summed E-state index contributed by atoms with van der Waals surface area (Å²) in [5, 5.41) is 1.34. The van der Waals surface area contributed by atoms with Gasteiger partial charge in [0, 0.05) is 22.0 Å². The third kappa shape index (κ3) is 2.53. The maximum atomic E-state index is 6.39. The van der Waals surface area contributed by atoms with Crippen LogP contribution in [0.2, 0.25) is 10.0 Å². The molecular weight excluding hydrogens is 269 g/mol. The van der Waals surface area contributed by atoms with Crippen LogP contribution in [0.15, 0.2) is 18.2 Å². The van der Waals surface area contributed by atoms with E-state index in [9.17, 15) is 0 Å². The van der Waals surface area contributed by atoms with Gasteiger partial charge in [0.2, 0.25) is 0 Å². The van der Waals surface area contributed by atoms with E-state index >= 15 is 0 Å². The fourth-order valence-electron chi connectivity index (χ4n) is 2.89. The molecule has 1 aliphatic heterocycles. The summed E-state index contributed by atoms with van der Waals surface area (Å²) in [6.45, 7) is 6.34. The molecule has 2 rings (SSSR count). The Kier molecular flexibility index (Phi) is 4.22. The zero-order valence-electron chi connectivity index (χ0n) is 10.9. The number of benzene rings is 1. The normalized spacial score (nSPS) is 33.7. The maximum Gasteiger partial charge on any atom is 0.0600 e. The number of hydrogen-bond acceptors (Lipinski definition) is 2. The Morgan fingerprint density at radius 1 is 1.17 bits per heavy atom. The maximum absolute atomic E-state index is 6.39. The van der Waals surface area contributed by atoms with Crippen LogP contribution in [0.3, 0.4) is 0 Å². The first-order chi connectivity index (χ1) is 8.41. The van der Waals surface area contributed by atoms with E-state index in [1.807, 2.05) is 6.07 Å². The summed E-state index contributed by atoms with van der Waals surface area (Å²) in [4.78, 5) is 0. The largest absolute Gasteiger partial charge is 0.375 e. The minimum Gasteiger partial charge on any atom is -0.375 e. The lowest BCUT2D eigenvalue weighted by Crippen LogP contribution is -2.30. The van der Waals surface area contributed by atoms with Crippen LogP contribution >= 0.6 is 23.2 Å². The molecule has 18 heavy (non-hydrogen) atoms. The molecule has 0 spiro atoms. The third-order valence-corrected chi connectivity index (χ3v) is 4.63. The SMILES string of the molecule is CC1OC(C)C(C(N)c2cc(Cl)ccc2Cl)C1C. The summed E-state index contributed by atoms with van der Waals surface area (Å²) in [7, 11) is 0. The molecule has 0 radical (unpaired) electrons. The van der Waals surface area contributed by atoms with Gasteiger partial charge in [-0.25, -0.2) is 0 Å². The van der Waals surface area contributed by atoms with Crippen molar-refractivity contribution >= 4 is 23.2 Å². The molecule has 0 bridgehead atoms. The van der Waals surface area contributed by atoms with Crippen molar-refractivity contribution in [3.8, 4) is 0 Å². The predicted octanol–water partition coefficient (Wildman–Crippen LogP) is 4.05. The smallest absolute Gasteiger partial charge is 0.0600 e. The van der Waals surface area contributed by atoms with E-state index in [2.05, 4.69) is 20.8 Å². The highest BCUT2D eigenvalue weighted by Gasteiger charge is 2.41. The first-order valence-corrected chi connectivity index (χ1v) is 7.03. The number of rotatable bonds is 2. The van der Waals surface area contributed by atoms with E-state index in [1.54, 1.807) is 12.1 Å². The summed E-state index contributed by atoms with van der Waals surface area (Å²) in [5.74, 6) is 0.668. The van der Waals surface area contributed by atoms with Crippen molar-refractivity contribution in [3.05, 3.63) is 33.8 Å². The van der Waals surface area contributed by atoms with E-state index in [0.717, 1.165) is 5.56 Å². The second-order valence-corrected chi connectivity index (χ2v) is 6.02. The van der Waals surface area contributed by atoms with Crippen molar-refractivity contribution in [2.24, 2.45) is 17.6 Å². The van der Waals surface area contributed by atoms with E-state index in [4.69, 9.17) is 33.7 Å². The van der Waals surface area contributed by atoms with Gasteiger partial charge in [0.15, 0.2) is 0 Å². The Balaban J connectivity index is 2.30. The monoisotopic (exact) mass is 287 g/mol. The van der Waals surface area contributed by atoms with Gasteiger partial charge >= 0.3 is 0 Å². The molecule has 0 saturated carbocycles. The summed E-state index contributed by atoms with van der Waals surface area (Å²) < 4.78 is 5.84. The molecule has 100 valence electrons. The molecule has 2 nitrogen and oxygen atoms in total. The van der Waals surface area contributed by atoms with Crippen LogP contribution in [0.4, 0.5) is 0 Å². The fraction of sp³-hybridized carbons (Fsp3) is 0.571. The third-order valence-electron chi connectivity index (χ3n) is 4.05. The van der Waals surface area contributed by atoms with Crippen molar-refractivity contribution in [2.75, 3.05) is 0 Å². The number of halogens is 2. The fourth-order valence-corrected chi connectivity index (χ4v) is 3.31. The highest BCUT2D eigenvalue weighted by atomic mass is 35.5. The summed E-state index contributed by atoms with van der Waals surface area (Å²) in [6.07, 6.45) is 0.369. The Hall–Kier alpha value is -0.280. The van der Waals surface area contributed by atoms with Crippen LogP contribution in [0.5, 0.6) is 0 Å². The summed E-state index contributed by atoms with van der Waals surface area (Å²) >= 11 is 12.2. The minimum atomic E-state index is -0.147. The molecule has 1 aromatic carbocycles. The van der Waals surface area contributed by atoms with Crippen LogP contribution in [0.25, 0.3) is 0 Å². The zero-order chi connectivity index (χ0) is 13.4. The van der Waals surface area contributed by atoms with E-state index in [-0.39, 0.29) is 24.2 Å². The zero-order valence-corrected chi connectivity index (χ0v) is 12.4. The Bertz CT molecular complexity index is 438. The Morgan fingerprint density at radius 2 is 1.83 bits per heavy atom. The molecule has 1 aromatic rings. The topological polar surface area (TPSA) is 35.2 Å². The van der Waals surface area contributed by atoms with Gasteiger partial charge in [0.05, 0.1) is 12.2 Å². The number of hydrogen-bond donors (Lipinski definition) is 1. The summed E-state index contributed by atoms with van der Waals surface area (Å²) in [5.41, 5.74) is 7.30. The molecule has 1 fully saturated rings. The first-order valence-electron chi connectivity index (χ1n) is 6.27.